The molecule has 0 unspecified atom stereocenters. The molecular formula is C21H25NO5. The van der Waals surface area contributed by atoms with Gasteiger partial charge in [-0.3, -0.25) is 0 Å². The van der Waals surface area contributed by atoms with Gasteiger partial charge in [-0.2, -0.15) is 0 Å². The fourth-order valence-electron chi connectivity index (χ4n) is 3.16. The molecule has 6 nitrogen and oxygen atoms in total. The number of carboxylic acids is 2. The lowest BCUT2D eigenvalue weighted by Gasteiger charge is -2.16. The maximum atomic E-state index is 9.55. The second-order valence-corrected chi connectivity index (χ2v) is 6.28. The van der Waals surface area contributed by atoms with Crippen LogP contribution in [-0.4, -0.2) is 53.8 Å². The number of likely N-dealkylation sites (tertiary alicyclic amines) is 1. The molecule has 0 radical (unpaired) electrons. The summed E-state index contributed by atoms with van der Waals surface area (Å²) in [6, 6.07) is 12.9. The molecule has 0 bridgehead atoms. The van der Waals surface area contributed by atoms with Crippen LogP contribution in [-0.2, 0) is 16.0 Å². The van der Waals surface area contributed by atoms with Crippen LogP contribution in [0.5, 0.6) is 5.75 Å². The average Bonchev–Trinajstić information content (AvgIpc) is 3.18. The lowest BCUT2D eigenvalue weighted by molar-refractivity contribution is -0.134. The van der Waals surface area contributed by atoms with Crippen LogP contribution in [0.4, 0.5) is 0 Å². The molecule has 27 heavy (non-hydrogen) atoms. The quantitative estimate of drug-likeness (QED) is 0.759. The van der Waals surface area contributed by atoms with E-state index in [0.29, 0.717) is 12.2 Å². The Labute approximate surface area is 158 Å². The Balaban J connectivity index is 0.000000279. The van der Waals surface area contributed by atoms with Crippen molar-refractivity contribution in [2.24, 2.45) is 0 Å². The third kappa shape index (κ3) is 6.42. The highest BCUT2D eigenvalue weighted by atomic mass is 16.5. The van der Waals surface area contributed by atoms with Gasteiger partial charge in [0.1, 0.15) is 5.75 Å². The van der Waals surface area contributed by atoms with Gasteiger partial charge in [0.15, 0.2) is 0 Å². The normalized spacial score (nSPS) is 14.1. The van der Waals surface area contributed by atoms with Crippen molar-refractivity contribution in [1.29, 1.82) is 0 Å². The third-order valence-corrected chi connectivity index (χ3v) is 4.46. The second kappa shape index (κ2) is 10.3. The fraction of sp³-hybridized carbons (Fsp3) is 0.333. The number of ether oxygens (including phenoxy) is 1. The number of hydrogen-bond donors (Lipinski definition) is 2. The Morgan fingerprint density at radius 3 is 2.15 bits per heavy atom. The van der Waals surface area contributed by atoms with Crippen LogP contribution >= 0.6 is 0 Å². The molecule has 1 aliphatic heterocycles. The van der Waals surface area contributed by atoms with Crippen LogP contribution in [0.3, 0.4) is 0 Å². The van der Waals surface area contributed by atoms with E-state index >= 15 is 0 Å². The van der Waals surface area contributed by atoms with Crippen molar-refractivity contribution >= 4 is 22.7 Å². The van der Waals surface area contributed by atoms with Crippen molar-refractivity contribution < 1.29 is 24.5 Å². The van der Waals surface area contributed by atoms with Gasteiger partial charge < -0.3 is 19.8 Å². The van der Waals surface area contributed by atoms with E-state index in [0.717, 1.165) is 12.2 Å². The smallest absolute Gasteiger partial charge is 0.328 e. The van der Waals surface area contributed by atoms with E-state index in [1.165, 1.54) is 48.8 Å². The van der Waals surface area contributed by atoms with Gasteiger partial charge in [-0.15, -0.1) is 0 Å². The van der Waals surface area contributed by atoms with Gasteiger partial charge in [0, 0.05) is 24.1 Å². The van der Waals surface area contributed by atoms with Gasteiger partial charge in [-0.25, -0.2) is 9.59 Å². The van der Waals surface area contributed by atoms with E-state index in [1.807, 2.05) is 0 Å². The van der Waals surface area contributed by atoms with E-state index in [4.69, 9.17) is 14.9 Å². The highest BCUT2D eigenvalue weighted by Crippen LogP contribution is 2.28. The zero-order valence-electron chi connectivity index (χ0n) is 15.4. The largest absolute Gasteiger partial charge is 0.496 e. The van der Waals surface area contributed by atoms with Gasteiger partial charge in [0.25, 0.3) is 0 Å². The third-order valence-electron chi connectivity index (χ3n) is 4.46. The maximum Gasteiger partial charge on any atom is 0.328 e. The van der Waals surface area contributed by atoms with E-state index in [1.54, 1.807) is 7.11 Å². The first-order valence-electron chi connectivity index (χ1n) is 8.92. The molecule has 6 heteroatoms. The summed E-state index contributed by atoms with van der Waals surface area (Å²) in [5, 5.41) is 18.2. The van der Waals surface area contributed by atoms with Crippen molar-refractivity contribution in [3.05, 3.63) is 54.1 Å². The lowest BCUT2D eigenvalue weighted by atomic mass is 10.0. The van der Waals surface area contributed by atoms with Crippen LogP contribution in [0.2, 0.25) is 0 Å². The number of hydrogen-bond acceptors (Lipinski definition) is 4. The summed E-state index contributed by atoms with van der Waals surface area (Å²) in [6.07, 6.45) is 4.97. The van der Waals surface area contributed by atoms with E-state index in [-0.39, 0.29) is 0 Å². The van der Waals surface area contributed by atoms with Gasteiger partial charge in [0.2, 0.25) is 0 Å². The Kier molecular flexibility index (Phi) is 7.82. The molecule has 1 fully saturated rings. The first-order chi connectivity index (χ1) is 13.0. The molecule has 0 saturated carbocycles. The topological polar surface area (TPSA) is 87.1 Å². The standard InChI is InChI=1S/C17H21NO.C4H4O4/c1-19-17-9-8-14(10-13-18-11-4-5-12-18)15-6-2-3-7-16(15)17;5-3(6)1-2-4(7)8/h2-3,6-9H,4-5,10-13H2,1H3;1-2H,(H,5,6)(H,7,8)/b;2-1+. The minimum absolute atomic E-state index is 0.558. The molecule has 1 aliphatic rings. The molecule has 0 atom stereocenters. The number of fused-ring (bicyclic) bond motifs is 1. The summed E-state index contributed by atoms with van der Waals surface area (Å²) in [6.45, 7) is 3.72. The first kappa shape index (κ1) is 20.5. The summed E-state index contributed by atoms with van der Waals surface area (Å²) in [4.78, 5) is 21.7. The van der Waals surface area contributed by atoms with Gasteiger partial charge in [-0.05, 0) is 49.4 Å². The van der Waals surface area contributed by atoms with Gasteiger partial charge >= 0.3 is 11.9 Å². The van der Waals surface area contributed by atoms with Crippen LogP contribution in [0, 0.1) is 0 Å². The highest BCUT2D eigenvalue weighted by molar-refractivity contribution is 5.91. The zero-order valence-corrected chi connectivity index (χ0v) is 15.4. The molecule has 1 saturated heterocycles. The minimum Gasteiger partial charge on any atom is -0.496 e. The predicted octanol–water partition coefficient (Wildman–Crippen LogP) is 3.20. The zero-order chi connectivity index (χ0) is 19.6. The summed E-state index contributed by atoms with van der Waals surface area (Å²) in [5.74, 6) is -1.54. The van der Waals surface area contributed by atoms with Crippen LogP contribution in [0.25, 0.3) is 10.8 Å². The van der Waals surface area contributed by atoms with Crippen LogP contribution in [0.15, 0.2) is 48.6 Å². The summed E-state index contributed by atoms with van der Waals surface area (Å²) < 4.78 is 5.45. The molecule has 2 aromatic carbocycles. The van der Waals surface area contributed by atoms with Crippen molar-refractivity contribution in [2.45, 2.75) is 19.3 Å². The SMILES string of the molecule is COc1ccc(CCN2CCCC2)c2ccccc12.O=C(O)/C=C/C(=O)O. The first-order valence-corrected chi connectivity index (χ1v) is 8.92. The lowest BCUT2D eigenvalue weighted by Crippen LogP contribution is -2.21. The number of rotatable bonds is 6. The molecule has 0 spiro atoms. The molecule has 0 aliphatic carbocycles. The minimum atomic E-state index is -1.26. The molecule has 1 heterocycles. The monoisotopic (exact) mass is 371 g/mol. The highest BCUT2D eigenvalue weighted by Gasteiger charge is 2.12. The van der Waals surface area contributed by atoms with E-state index < -0.39 is 11.9 Å². The van der Waals surface area contributed by atoms with Crippen molar-refractivity contribution in [3.63, 3.8) is 0 Å². The number of carbonyl (C=O) groups is 2. The molecule has 144 valence electrons. The number of methoxy groups -OCH3 is 1. The number of aliphatic carboxylic acids is 2. The molecule has 3 rings (SSSR count). The van der Waals surface area contributed by atoms with Crippen LogP contribution < -0.4 is 4.74 Å². The number of carboxylic acid groups (broad SMARTS) is 2. The predicted molar refractivity (Wildman–Crippen MR) is 104 cm³/mol. The Morgan fingerprint density at radius 1 is 1.00 bits per heavy atom. The number of nitrogens with zero attached hydrogens (tertiary/aromatic N) is 1. The molecule has 0 amide bonds. The van der Waals surface area contributed by atoms with Crippen molar-refractivity contribution in [1.82, 2.24) is 4.90 Å². The maximum absolute atomic E-state index is 9.55. The average molecular weight is 371 g/mol. The van der Waals surface area contributed by atoms with Crippen LogP contribution in [0.1, 0.15) is 18.4 Å². The molecule has 0 aromatic heterocycles. The van der Waals surface area contributed by atoms with Crippen molar-refractivity contribution in [2.75, 3.05) is 26.7 Å². The van der Waals surface area contributed by atoms with Crippen molar-refractivity contribution in [3.8, 4) is 5.75 Å². The molecule has 2 aromatic rings. The Hall–Kier alpha value is -2.86. The Bertz CT molecular complexity index is 793. The number of benzene rings is 2. The van der Waals surface area contributed by atoms with Gasteiger partial charge in [-0.1, -0.05) is 30.3 Å². The van der Waals surface area contributed by atoms with E-state index in [2.05, 4.69) is 41.3 Å². The fourth-order valence-corrected chi connectivity index (χ4v) is 3.16. The molecule has 2 N–H and O–H groups in total. The summed E-state index contributed by atoms with van der Waals surface area (Å²) >= 11 is 0. The second-order valence-electron chi connectivity index (χ2n) is 6.28. The molecular weight excluding hydrogens is 346 g/mol. The summed E-state index contributed by atoms with van der Waals surface area (Å²) in [7, 11) is 1.74. The Morgan fingerprint density at radius 2 is 1.59 bits per heavy atom. The van der Waals surface area contributed by atoms with E-state index in [9.17, 15) is 9.59 Å². The van der Waals surface area contributed by atoms with Gasteiger partial charge in [0.05, 0.1) is 7.11 Å². The summed E-state index contributed by atoms with van der Waals surface area (Å²) in [5.41, 5.74) is 1.43.